The summed E-state index contributed by atoms with van der Waals surface area (Å²) >= 11 is 0. The standard InChI is InChI=1S/C22H32N2O4/c1-14(2)21(15-8-10-17(28-3)11-9-15)23-20(25)13-24-18-7-5-4-6-16(18)12-19(24)22(26)27/h8-11,14,16,18-19,21H,4-7,12-13H2,1-3H3,(H,23,25)(H,26,27). The van der Waals surface area contributed by atoms with Crippen LogP contribution in [0.5, 0.6) is 5.75 Å². The average Bonchev–Trinajstić information content (AvgIpc) is 3.05. The first kappa shape index (κ1) is 20.6. The molecule has 0 spiro atoms. The van der Waals surface area contributed by atoms with Crippen molar-refractivity contribution in [1.82, 2.24) is 10.2 Å². The second-order valence-electron chi connectivity index (χ2n) is 8.44. The molecule has 1 saturated heterocycles. The van der Waals surface area contributed by atoms with Crippen molar-refractivity contribution in [2.45, 2.75) is 64.1 Å². The van der Waals surface area contributed by atoms with Gasteiger partial charge in [0.05, 0.1) is 19.7 Å². The molecule has 1 amide bonds. The van der Waals surface area contributed by atoms with Crippen LogP contribution in [0.25, 0.3) is 0 Å². The third kappa shape index (κ3) is 4.49. The van der Waals surface area contributed by atoms with E-state index in [9.17, 15) is 14.7 Å². The van der Waals surface area contributed by atoms with Crippen LogP contribution in [0.3, 0.4) is 0 Å². The third-order valence-corrected chi connectivity index (χ3v) is 6.29. The molecule has 2 N–H and O–H groups in total. The van der Waals surface area contributed by atoms with Gasteiger partial charge in [-0.1, -0.05) is 38.8 Å². The van der Waals surface area contributed by atoms with Crippen LogP contribution in [-0.4, -0.2) is 47.6 Å². The van der Waals surface area contributed by atoms with Gasteiger partial charge in [-0.25, -0.2) is 0 Å². The topological polar surface area (TPSA) is 78.9 Å². The number of carbonyl (C=O) groups excluding carboxylic acids is 1. The van der Waals surface area contributed by atoms with Crippen molar-refractivity contribution in [1.29, 1.82) is 0 Å². The summed E-state index contributed by atoms with van der Waals surface area (Å²) in [5.74, 6) is 0.491. The molecule has 4 unspecified atom stereocenters. The Hall–Kier alpha value is -2.08. The number of carboxylic acid groups (broad SMARTS) is 1. The molecule has 6 nitrogen and oxygen atoms in total. The minimum absolute atomic E-state index is 0.105. The number of nitrogens with one attached hydrogen (secondary N) is 1. The molecule has 0 aromatic heterocycles. The minimum atomic E-state index is -0.808. The molecule has 28 heavy (non-hydrogen) atoms. The molecule has 1 saturated carbocycles. The van der Waals surface area contributed by atoms with E-state index in [4.69, 9.17) is 4.74 Å². The maximum absolute atomic E-state index is 12.9. The molecule has 1 aliphatic heterocycles. The molecule has 1 aliphatic carbocycles. The van der Waals surface area contributed by atoms with Crippen molar-refractivity contribution >= 4 is 11.9 Å². The Morgan fingerprint density at radius 2 is 1.89 bits per heavy atom. The molecule has 2 aliphatic rings. The normalized spacial score (nSPS) is 25.9. The molecule has 0 radical (unpaired) electrons. The molecule has 0 bridgehead atoms. The molecular formula is C22H32N2O4. The number of ether oxygens (including phenoxy) is 1. The van der Waals surface area contributed by atoms with Crippen LogP contribution < -0.4 is 10.1 Å². The summed E-state index contributed by atoms with van der Waals surface area (Å²) in [7, 11) is 1.63. The Kier molecular flexibility index (Phi) is 6.60. The summed E-state index contributed by atoms with van der Waals surface area (Å²) < 4.78 is 5.21. The van der Waals surface area contributed by atoms with E-state index in [1.807, 2.05) is 29.2 Å². The lowest BCUT2D eigenvalue weighted by Crippen LogP contribution is -2.48. The zero-order chi connectivity index (χ0) is 20.3. The van der Waals surface area contributed by atoms with Gasteiger partial charge in [0.25, 0.3) is 0 Å². The highest BCUT2D eigenvalue weighted by Crippen LogP contribution is 2.39. The lowest BCUT2D eigenvalue weighted by Gasteiger charge is -2.33. The van der Waals surface area contributed by atoms with Crippen LogP contribution in [0.2, 0.25) is 0 Å². The SMILES string of the molecule is COc1ccc(C(NC(=O)CN2C(C(=O)O)CC3CCCCC32)C(C)C)cc1. The first-order valence-corrected chi connectivity index (χ1v) is 10.3. The van der Waals surface area contributed by atoms with Crippen LogP contribution in [0, 0.1) is 11.8 Å². The molecule has 1 heterocycles. The lowest BCUT2D eigenvalue weighted by molar-refractivity contribution is -0.143. The van der Waals surface area contributed by atoms with E-state index in [-0.39, 0.29) is 30.5 Å². The van der Waals surface area contributed by atoms with Gasteiger partial charge in [0.1, 0.15) is 11.8 Å². The Bertz CT molecular complexity index is 688. The fourth-order valence-corrected chi connectivity index (χ4v) is 4.85. The Balaban J connectivity index is 1.70. The van der Waals surface area contributed by atoms with Crippen LogP contribution in [0.4, 0.5) is 0 Å². The van der Waals surface area contributed by atoms with E-state index in [0.717, 1.165) is 30.6 Å². The number of benzene rings is 1. The van der Waals surface area contributed by atoms with Gasteiger partial charge in [0.2, 0.25) is 5.91 Å². The van der Waals surface area contributed by atoms with E-state index in [1.54, 1.807) is 7.11 Å². The summed E-state index contributed by atoms with van der Waals surface area (Å²) in [4.78, 5) is 26.6. The highest BCUT2D eigenvalue weighted by Gasteiger charge is 2.45. The maximum atomic E-state index is 12.9. The maximum Gasteiger partial charge on any atom is 0.320 e. The van der Waals surface area contributed by atoms with Gasteiger partial charge in [0.15, 0.2) is 0 Å². The van der Waals surface area contributed by atoms with Gasteiger partial charge in [-0.15, -0.1) is 0 Å². The van der Waals surface area contributed by atoms with Crippen molar-refractivity contribution in [3.05, 3.63) is 29.8 Å². The van der Waals surface area contributed by atoms with E-state index in [1.165, 1.54) is 6.42 Å². The molecule has 3 rings (SSSR count). The van der Waals surface area contributed by atoms with Crippen molar-refractivity contribution in [3.8, 4) is 5.75 Å². The zero-order valence-corrected chi connectivity index (χ0v) is 17.1. The van der Waals surface area contributed by atoms with Gasteiger partial charge < -0.3 is 15.2 Å². The van der Waals surface area contributed by atoms with Gasteiger partial charge in [-0.05, 0) is 48.8 Å². The second kappa shape index (κ2) is 8.95. The predicted octanol–water partition coefficient (Wildman–Crippen LogP) is 3.23. The molecular weight excluding hydrogens is 356 g/mol. The first-order chi connectivity index (χ1) is 13.4. The number of carbonyl (C=O) groups is 2. The van der Waals surface area contributed by atoms with Gasteiger partial charge in [-0.2, -0.15) is 0 Å². The Morgan fingerprint density at radius 1 is 1.21 bits per heavy atom. The van der Waals surface area contributed by atoms with Crippen molar-refractivity contribution in [3.63, 3.8) is 0 Å². The van der Waals surface area contributed by atoms with E-state index in [2.05, 4.69) is 19.2 Å². The molecule has 2 fully saturated rings. The monoisotopic (exact) mass is 388 g/mol. The van der Waals surface area contributed by atoms with Crippen molar-refractivity contribution in [2.75, 3.05) is 13.7 Å². The van der Waals surface area contributed by atoms with E-state index >= 15 is 0 Å². The largest absolute Gasteiger partial charge is 0.497 e. The number of hydrogen-bond acceptors (Lipinski definition) is 4. The third-order valence-electron chi connectivity index (χ3n) is 6.29. The number of nitrogens with zero attached hydrogens (tertiary/aromatic N) is 1. The van der Waals surface area contributed by atoms with Crippen LogP contribution >= 0.6 is 0 Å². The van der Waals surface area contributed by atoms with Crippen molar-refractivity contribution in [2.24, 2.45) is 11.8 Å². The molecule has 6 heteroatoms. The number of amides is 1. The molecule has 1 aromatic carbocycles. The summed E-state index contributed by atoms with van der Waals surface area (Å²) in [6.45, 7) is 4.29. The number of hydrogen-bond donors (Lipinski definition) is 2. The molecule has 1 aromatic rings. The smallest absolute Gasteiger partial charge is 0.320 e. The second-order valence-corrected chi connectivity index (χ2v) is 8.44. The lowest BCUT2D eigenvalue weighted by atomic mass is 9.85. The minimum Gasteiger partial charge on any atom is -0.497 e. The number of carboxylic acids is 1. The van der Waals surface area contributed by atoms with Gasteiger partial charge >= 0.3 is 5.97 Å². The Morgan fingerprint density at radius 3 is 2.50 bits per heavy atom. The number of rotatable bonds is 7. The fourth-order valence-electron chi connectivity index (χ4n) is 4.85. The number of aliphatic carboxylic acids is 1. The summed E-state index contributed by atoms with van der Waals surface area (Å²) in [6, 6.07) is 7.28. The van der Waals surface area contributed by atoms with Crippen molar-refractivity contribution < 1.29 is 19.4 Å². The molecule has 154 valence electrons. The van der Waals surface area contributed by atoms with Crippen LogP contribution in [0.15, 0.2) is 24.3 Å². The number of fused-ring (bicyclic) bond motifs is 1. The predicted molar refractivity (Wildman–Crippen MR) is 107 cm³/mol. The zero-order valence-electron chi connectivity index (χ0n) is 17.1. The van der Waals surface area contributed by atoms with Gasteiger partial charge in [0, 0.05) is 6.04 Å². The molecule has 4 atom stereocenters. The number of likely N-dealkylation sites (tertiary alicyclic amines) is 1. The van der Waals surface area contributed by atoms with E-state index in [0.29, 0.717) is 12.3 Å². The Labute approximate surface area is 167 Å². The quantitative estimate of drug-likeness (QED) is 0.750. The fraction of sp³-hybridized carbons (Fsp3) is 0.636. The van der Waals surface area contributed by atoms with Crippen LogP contribution in [-0.2, 0) is 9.59 Å². The van der Waals surface area contributed by atoms with Gasteiger partial charge in [-0.3, -0.25) is 14.5 Å². The average molecular weight is 389 g/mol. The summed E-state index contributed by atoms with van der Waals surface area (Å²) in [5, 5.41) is 12.8. The van der Waals surface area contributed by atoms with Crippen LogP contribution in [0.1, 0.15) is 57.6 Å². The van der Waals surface area contributed by atoms with E-state index < -0.39 is 12.0 Å². The number of methoxy groups -OCH3 is 1. The summed E-state index contributed by atoms with van der Waals surface area (Å²) in [5.41, 5.74) is 1.02. The highest BCUT2D eigenvalue weighted by atomic mass is 16.5. The highest BCUT2D eigenvalue weighted by molar-refractivity contribution is 5.80. The summed E-state index contributed by atoms with van der Waals surface area (Å²) in [6.07, 6.45) is 5.02. The first-order valence-electron chi connectivity index (χ1n) is 10.3.